The minimum absolute atomic E-state index is 0.282. The Morgan fingerprint density at radius 1 is 0.944 bits per heavy atom. The van der Waals surface area contributed by atoms with Crippen LogP contribution < -0.4 is 5.73 Å². The molecule has 0 bridgehead atoms. The van der Waals surface area contributed by atoms with Crippen molar-refractivity contribution in [2.45, 2.75) is 13.0 Å². The molecule has 90 valence electrons. The van der Waals surface area contributed by atoms with E-state index in [0.717, 1.165) is 5.56 Å². The Bertz CT molecular complexity index is 675. The normalized spacial score (nSPS) is 10.9. The summed E-state index contributed by atoms with van der Waals surface area (Å²) in [5.41, 5.74) is 6.59. The van der Waals surface area contributed by atoms with Crippen molar-refractivity contribution in [2.24, 2.45) is 5.73 Å². The first kappa shape index (κ1) is 10.9. The first-order valence-corrected chi connectivity index (χ1v) is 5.84. The van der Waals surface area contributed by atoms with E-state index in [1.807, 2.05) is 12.1 Å². The van der Waals surface area contributed by atoms with E-state index in [9.17, 15) is 0 Å². The van der Waals surface area contributed by atoms with Crippen molar-refractivity contribution >= 4 is 10.8 Å². The zero-order valence-electron chi connectivity index (χ0n) is 9.84. The highest BCUT2D eigenvalue weighted by atomic mass is 16.4. The molecule has 0 aliphatic rings. The van der Waals surface area contributed by atoms with Gasteiger partial charge in [-0.3, -0.25) is 0 Å². The van der Waals surface area contributed by atoms with E-state index in [0.29, 0.717) is 18.2 Å². The van der Waals surface area contributed by atoms with Crippen molar-refractivity contribution in [3.63, 3.8) is 0 Å². The fraction of sp³-hybridized carbons (Fsp3) is 0.143. The monoisotopic (exact) mass is 239 g/mol. The Morgan fingerprint density at radius 2 is 1.72 bits per heavy atom. The van der Waals surface area contributed by atoms with Gasteiger partial charge in [-0.1, -0.05) is 42.5 Å². The molecular weight excluding hydrogens is 226 g/mol. The van der Waals surface area contributed by atoms with E-state index in [1.54, 1.807) is 0 Å². The molecule has 0 aliphatic heterocycles. The number of rotatable bonds is 3. The van der Waals surface area contributed by atoms with Crippen molar-refractivity contribution in [2.75, 3.05) is 0 Å². The van der Waals surface area contributed by atoms with Gasteiger partial charge in [0.05, 0.1) is 13.0 Å². The third kappa shape index (κ3) is 2.10. The SMILES string of the molecule is NCc1nnc(Cc2ccc3ccccc3c2)o1. The van der Waals surface area contributed by atoms with Crippen molar-refractivity contribution < 1.29 is 4.42 Å². The van der Waals surface area contributed by atoms with Crippen LogP contribution in [0.15, 0.2) is 46.9 Å². The summed E-state index contributed by atoms with van der Waals surface area (Å²) in [5, 5.41) is 10.3. The lowest BCUT2D eigenvalue weighted by atomic mass is 10.1. The molecule has 1 aromatic heterocycles. The molecule has 0 radical (unpaired) electrons. The molecule has 0 fully saturated rings. The molecule has 0 spiro atoms. The molecule has 0 saturated carbocycles. The molecule has 18 heavy (non-hydrogen) atoms. The highest BCUT2D eigenvalue weighted by Crippen LogP contribution is 2.17. The minimum atomic E-state index is 0.282. The van der Waals surface area contributed by atoms with Gasteiger partial charge >= 0.3 is 0 Å². The van der Waals surface area contributed by atoms with Crippen LogP contribution in [0.1, 0.15) is 17.3 Å². The lowest BCUT2D eigenvalue weighted by molar-refractivity contribution is 0.459. The summed E-state index contributed by atoms with van der Waals surface area (Å²) < 4.78 is 5.40. The third-order valence-corrected chi connectivity index (χ3v) is 2.85. The van der Waals surface area contributed by atoms with E-state index in [4.69, 9.17) is 10.2 Å². The minimum Gasteiger partial charge on any atom is -0.424 e. The van der Waals surface area contributed by atoms with Crippen molar-refractivity contribution in [3.05, 3.63) is 59.8 Å². The van der Waals surface area contributed by atoms with E-state index in [2.05, 4.69) is 40.5 Å². The summed E-state index contributed by atoms with van der Waals surface area (Å²) in [4.78, 5) is 0. The maximum atomic E-state index is 5.43. The zero-order chi connectivity index (χ0) is 12.4. The van der Waals surface area contributed by atoms with E-state index in [-0.39, 0.29) is 6.54 Å². The number of fused-ring (bicyclic) bond motifs is 1. The Kier molecular flexibility index (Phi) is 2.78. The average Bonchev–Trinajstić information content (AvgIpc) is 2.86. The maximum absolute atomic E-state index is 5.43. The van der Waals surface area contributed by atoms with Gasteiger partial charge in [0.1, 0.15) is 0 Å². The molecule has 0 saturated heterocycles. The fourth-order valence-electron chi connectivity index (χ4n) is 1.97. The van der Waals surface area contributed by atoms with Crippen molar-refractivity contribution in [1.82, 2.24) is 10.2 Å². The van der Waals surface area contributed by atoms with Crippen LogP contribution in [0, 0.1) is 0 Å². The Balaban J connectivity index is 1.90. The molecule has 3 aromatic rings. The first-order chi connectivity index (χ1) is 8.85. The van der Waals surface area contributed by atoms with Gasteiger partial charge in [-0.2, -0.15) is 0 Å². The summed E-state index contributed by atoms with van der Waals surface area (Å²) in [6.45, 7) is 0.282. The Morgan fingerprint density at radius 3 is 2.50 bits per heavy atom. The number of nitrogens with zero attached hydrogens (tertiary/aromatic N) is 2. The van der Waals surface area contributed by atoms with Gasteiger partial charge in [-0.05, 0) is 16.3 Å². The van der Waals surface area contributed by atoms with E-state index < -0.39 is 0 Å². The van der Waals surface area contributed by atoms with Crippen molar-refractivity contribution in [1.29, 1.82) is 0 Å². The summed E-state index contributed by atoms with van der Waals surface area (Å²) in [6, 6.07) is 14.6. The standard InChI is InChI=1S/C14H13N3O/c15-9-14-17-16-13(18-14)8-10-5-6-11-3-1-2-4-12(11)7-10/h1-7H,8-9,15H2. The zero-order valence-corrected chi connectivity index (χ0v) is 9.84. The second-order valence-corrected chi connectivity index (χ2v) is 4.15. The van der Waals surface area contributed by atoms with Crippen LogP contribution in [0.5, 0.6) is 0 Å². The molecule has 0 aliphatic carbocycles. The highest BCUT2D eigenvalue weighted by molar-refractivity contribution is 5.83. The summed E-state index contributed by atoms with van der Waals surface area (Å²) in [7, 11) is 0. The predicted octanol–water partition coefficient (Wildman–Crippen LogP) is 2.27. The number of hydrogen-bond acceptors (Lipinski definition) is 4. The van der Waals surface area contributed by atoms with Gasteiger partial charge in [-0.25, -0.2) is 0 Å². The van der Waals surface area contributed by atoms with Gasteiger partial charge in [0.2, 0.25) is 11.8 Å². The molecular formula is C14H13N3O. The third-order valence-electron chi connectivity index (χ3n) is 2.85. The van der Waals surface area contributed by atoms with Gasteiger partial charge < -0.3 is 10.2 Å². The number of aromatic nitrogens is 2. The van der Waals surface area contributed by atoms with Crippen LogP contribution >= 0.6 is 0 Å². The lowest BCUT2D eigenvalue weighted by Gasteiger charge is -2.01. The number of hydrogen-bond donors (Lipinski definition) is 1. The molecule has 4 nitrogen and oxygen atoms in total. The summed E-state index contributed by atoms with van der Waals surface area (Å²) in [6.07, 6.45) is 0.637. The Labute approximate surface area is 104 Å². The van der Waals surface area contributed by atoms with E-state index >= 15 is 0 Å². The fourth-order valence-corrected chi connectivity index (χ4v) is 1.97. The molecule has 4 heteroatoms. The molecule has 3 rings (SSSR count). The van der Waals surface area contributed by atoms with Crippen LogP contribution in [0.2, 0.25) is 0 Å². The molecule has 1 heterocycles. The maximum Gasteiger partial charge on any atom is 0.230 e. The topological polar surface area (TPSA) is 64.9 Å². The van der Waals surface area contributed by atoms with Gasteiger partial charge in [0, 0.05) is 0 Å². The smallest absolute Gasteiger partial charge is 0.230 e. The predicted molar refractivity (Wildman–Crippen MR) is 68.9 cm³/mol. The summed E-state index contributed by atoms with van der Waals surface area (Å²) >= 11 is 0. The van der Waals surface area contributed by atoms with Gasteiger partial charge in [0.25, 0.3) is 0 Å². The second kappa shape index (κ2) is 4.58. The second-order valence-electron chi connectivity index (χ2n) is 4.15. The average molecular weight is 239 g/mol. The first-order valence-electron chi connectivity index (χ1n) is 5.84. The Hall–Kier alpha value is -2.20. The van der Waals surface area contributed by atoms with Gasteiger partial charge in [-0.15, -0.1) is 10.2 Å². The molecule has 0 atom stereocenters. The van der Waals surface area contributed by atoms with Crippen LogP contribution in [0.3, 0.4) is 0 Å². The largest absolute Gasteiger partial charge is 0.424 e. The molecule has 2 N–H and O–H groups in total. The van der Waals surface area contributed by atoms with Gasteiger partial charge in [0.15, 0.2) is 0 Å². The quantitative estimate of drug-likeness (QED) is 0.761. The van der Waals surface area contributed by atoms with Crippen LogP contribution in [0.4, 0.5) is 0 Å². The van der Waals surface area contributed by atoms with Crippen LogP contribution in [-0.4, -0.2) is 10.2 Å². The summed E-state index contributed by atoms with van der Waals surface area (Å²) in [5.74, 6) is 1.08. The van der Waals surface area contributed by atoms with Crippen LogP contribution in [-0.2, 0) is 13.0 Å². The van der Waals surface area contributed by atoms with E-state index in [1.165, 1.54) is 10.8 Å². The number of nitrogens with two attached hydrogens (primary N) is 1. The molecule has 0 unspecified atom stereocenters. The lowest BCUT2D eigenvalue weighted by Crippen LogP contribution is -1.95. The molecule has 2 aromatic carbocycles. The highest BCUT2D eigenvalue weighted by Gasteiger charge is 2.05. The van der Waals surface area contributed by atoms with Crippen molar-refractivity contribution in [3.8, 4) is 0 Å². The molecule has 0 amide bonds. The van der Waals surface area contributed by atoms with Crippen LogP contribution in [0.25, 0.3) is 10.8 Å². The number of benzene rings is 2.